The Labute approximate surface area is 294 Å². The van der Waals surface area contributed by atoms with Crippen LogP contribution in [0.25, 0.3) is 99.9 Å². The summed E-state index contributed by atoms with van der Waals surface area (Å²) >= 11 is 0. The lowest BCUT2D eigenvalue weighted by Gasteiger charge is -2.11. The monoisotopic (exact) mass is 651 g/mol. The topological polar surface area (TPSA) is 51.8 Å². The quantitative estimate of drug-likeness (QED) is 0.186. The van der Waals surface area contributed by atoms with Gasteiger partial charge in [0.15, 0.2) is 17.5 Å². The van der Waals surface area contributed by atoms with Crippen LogP contribution in [-0.2, 0) is 0 Å². The lowest BCUT2D eigenvalue weighted by Crippen LogP contribution is -2.00. The molecule has 10 aromatic rings. The molecule has 2 aromatic heterocycles. The first kappa shape index (κ1) is 29.0. The molecule has 10 rings (SSSR count). The van der Waals surface area contributed by atoms with Crippen molar-refractivity contribution >= 4 is 43.5 Å². The van der Waals surface area contributed by atoms with E-state index in [4.69, 9.17) is 19.4 Å². The largest absolute Gasteiger partial charge is 0.456 e. The van der Waals surface area contributed by atoms with E-state index < -0.39 is 0 Å². The van der Waals surface area contributed by atoms with Crippen LogP contribution in [0.3, 0.4) is 0 Å². The van der Waals surface area contributed by atoms with E-state index in [0.29, 0.717) is 17.5 Å². The molecule has 0 radical (unpaired) electrons. The zero-order valence-electron chi connectivity index (χ0n) is 27.5. The molecule has 0 aliphatic rings. The summed E-state index contributed by atoms with van der Waals surface area (Å²) in [6.45, 7) is 0. The fourth-order valence-electron chi connectivity index (χ4n) is 7.26. The van der Waals surface area contributed by atoms with Crippen molar-refractivity contribution in [2.75, 3.05) is 0 Å². The van der Waals surface area contributed by atoms with Crippen LogP contribution in [0.5, 0.6) is 0 Å². The van der Waals surface area contributed by atoms with Crippen molar-refractivity contribution < 1.29 is 4.42 Å². The van der Waals surface area contributed by atoms with E-state index in [0.717, 1.165) is 60.5 Å². The molecule has 4 heteroatoms. The minimum absolute atomic E-state index is 0.605. The predicted octanol–water partition coefficient (Wildman–Crippen LogP) is 12.4. The van der Waals surface area contributed by atoms with Crippen molar-refractivity contribution in [1.29, 1.82) is 0 Å². The minimum Gasteiger partial charge on any atom is -0.456 e. The maximum absolute atomic E-state index is 6.70. The van der Waals surface area contributed by atoms with Crippen LogP contribution in [0.1, 0.15) is 0 Å². The van der Waals surface area contributed by atoms with E-state index in [1.54, 1.807) is 0 Å². The molecule has 0 unspecified atom stereocenters. The van der Waals surface area contributed by atoms with Crippen molar-refractivity contribution in [3.05, 3.63) is 176 Å². The SMILES string of the molecule is c1ccc(-c2ccc3cc(-c4cc5oc6cccc(-c7nc(-c8ccccc8)nc(-c8ccccc8)n7)c6c5c5ccccc45)ccc3c2)cc1. The predicted molar refractivity (Wildman–Crippen MR) is 209 cm³/mol. The van der Waals surface area contributed by atoms with E-state index in [-0.39, 0.29) is 0 Å². The molecule has 2 heterocycles. The lowest BCUT2D eigenvalue weighted by molar-refractivity contribution is 0.669. The van der Waals surface area contributed by atoms with E-state index in [9.17, 15) is 0 Å². The van der Waals surface area contributed by atoms with Gasteiger partial charge in [0, 0.05) is 27.5 Å². The van der Waals surface area contributed by atoms with Crippen LogP contribution in [0, 0.1) is 0 Å². The Balaban J connectivity index is 1.17. The number of aromatic nitrogens is 3. The van der Waals surface area contributed by atoms with Gasteiger partial charge in [-0.25, -0.2) is 15.0 Å². The third-order valence-electron chi connectivity index (χ3n) is 9.70. The van der Waals surface area contributed by atoms with Gasteiger partial charge in [0.1, 0.15) is 11.2 Å². The number of hydrogen-bond acceptors (Lipinski definition) is 4. The second-order valence-electron chi connectivity index (χ2n) is 12.8. The molecule has 0 spiro atoms. The van der Waals surface area contributed by atoms with E-state index in [1.807, 2.05) is 72.8 Å². The first-order chi connectivity index (χ1) is 25.3. The van der Waals surface area contributed by atoms with Gasteiger partial charge in [-0.3, -0.25) is 0 Å². The van der Waals surface area contributed by atoms with Crippen molar-refractivity contribution in [2.24, 2.45) is 0 Å². The minimum atomic E-state index is 0.605. The summed E-state index contributed by atoms with van der Waals surface area (Å²) in [5.41, 5.74) is 9.09. The Morgan fingerprint density at radius 3 is 1.53 bits per heavy atom. The maximum atomic E-state index is 6.70. The molecule has 0 amide bonds. The second kappa shape index (κ2) is 11.9. The third kappa shape index (κ3) is 5.04. The standard InChI is InChI=1S/C47H29N3O/c1-4-13-30(14-5-1)33-23-24-35-28-36(26-25-34(35)27-33)40-29-42-43(38-20-11-10-19-37(38)40)44-39(21-12-22-41(44)51-42)47-49-45(31-15-6-2-7-16-31)48-46(50-47)32-17-8-3-9-18-32/h1-29H. The van der Waals surface area contributed by atoms with Crippen molar-refractivity contribution in [3.63, 3.8) is 0 Å². The molecule has 4 nitrogen and oxygen atoms in total. The number of hydrogen-bond donors (Lipinski definition) is 0. The molecule has 0 aliphatic carbocycles. The van der Waals surface area contributed by atoms with Gasteiger partial charge in [0.05, 0.1) is 0 Å². The van der Waals surface area contributed by atoms with Crippen LogP contribution in [-0.4, -0.2) is 15.0 Å². The fraction of sp³-hybridized carbons (Fsp3) is 0. The van der Waals surface area contributed by atoms with E-state index >= 15 is 0 Å². The Morgan fingerprint density at radius 2 is 0.863 bits per heavy atom. The lowest BCUT2D eigenvalue weighted by atomic mass is 9.92. The van der Waals surface area contributed by atoms with Crippen molar-refractivity contribution in [2.45, 2.75) is 0 Å². The molecule has 51 heavy (non-hydrogen) atoms. The Kier molecular flexibility index (Phi) is 6.78. The van der Waals surface area contributed by atoms with Crippen LogP contribution in [0.4, 0.5) is 0 Å². The molecule has 0 aliphatic heterocycles. The number of rotatable bonds is 5. The van der Waals surface area contributed by atoms with Gasteiger partial charge in [-0.1, -0.05) is 152 Å². The zero-order chi connectivity index (χ0) is 33.7. The Bertz CT molecular complexity index is 2840. The summed E-state index contributed by atoms with van der Waals surface area (Å²) in [7, 11) is 0. The smallest absolute Gasteiger partial charge is 0.164 e. The highest BCUT2D eigenvalue weighted by Crippen LogP contribution is 2.43. The van der Waals surface area contributed by atoms with Crippen molar-refractivity contribution in [1.82, 2.24) is 15.0 Å². The number of nitrogens with zero attached hydrogens (tertiary/aromatic N) is 3. The maximum Gasteiger partial charge on any atom is 0.164 e. The highest BCUT2D eigenvalue weighted by molar-refractivity contribution is 6.25. The van der Waals surface area contributed by atoms with E-state index in [2.05, 4.69) is 103 Å². The molecular weight excluding hydrogens is 623 g/mol. The molecule has 0 saturated heterocycles. The average molecular weight is 652 g/mol. The second-order valence-corrected chi connectivity index (χ2v) is 12.8. The highest BCUT2D eigenvalue weighted by Gasteiger charge is 2.21. The molecule has 0 bridgehead atoms. The van der Waals surface area contributed by atoms with Crippen LogP contribution in [0.2, 0.25) is 0 Å². The van der Waals surface area contributed by atoms with Gasteiger partial charge in [0.2, 0.25) is 0 Å². The molecule has 0 fully saturated rings. The number of benzene rings is 8. The fourth-order valence-corrected chi connectivity index (χ4v) is 7.26. The first-order valence-corrected chi connectivity index (χ1v) is 17.1. The summed E-state index contributed by atoms with van der Waals surface area (Å²) in [6.07, 6.45) is 0. The summed E-state index contributed by atoms with van der Waals surface area (Å²) in [4.78, 5) is 15.1. The Morgan fingerprint density at radius 1 is 0.314 bits per heavy atom. The molecule has 0 N–H and O–H groups in total. The summed E-state index contributed by atoms with van der Waals surface area (Å²) < 4.78 is 6.70. The van der Waals surface area contributed by atoms with Gasteiger partial charge < -0.3 is 4.42 Å². The summed E-state index contributed by atoms with van der Waals surface area (Å²) in [6, 6.07) is 61.1. The molecule has 8 aromatic carbocycles. The third-order valence-corrected chi connectivity index (χ3v) is 9.70. The van der Waals surface area contributed by atoms with Gasteiger partial charge in [-0.05, 0) is 68.1 Å². The van der Waals surface area contributed by atoms with Crippen LogP contribution in [0.15, 0.2) is 180 Å². The molecule has 0 saturated carbocycles. The van der Waals surface area contributed by atoms with Gasteiger partial charge in [-0.15, -0.1) is 0 Å². The zero-order valence-corrected chi connectivity index (χ0v) is 27.5. The Hall–Kier alpha value is -6.91. The molecule has 0 atom stereocenters. The summed E-state index contributed by atoms with van der Waals surface area (Å²) in [5.74, 6) is 1.86. The molecule has 238 valence electrons. The van der Waals surface area contributed by atoms with Crippen molar-refractivity contribution in [3.8, 4) is 56.4 Å². The molecular formula is C47H29N3O. The average Bonchev–Trinajstić information content (AvgIpc) is 3.60. The van der Waals surface area contributed by atoms with Crippen LogP contribution < -0.4 is 0 Å². The van der Waals surface area contributed by atoms with Gasteiger partial charge >= 0.3 is 0 Å². The van der Waals surface area contributed by atoms with Crippen LogP contribution >= 0.6 is 0 Å². The van der Waals surface area contributed by atoms with Gasteiger partial charge in [0.25, 0.3) is 0 Å². The number of furan rings is 1. The summed E-state index contributed by atoms with van der Waals surface area (Å²) in [5, 5.41) is 6.73. The van der Waals surface area contributed by atoms with E-state index in [1.165, 1.54) is 21.9 Å². The number of fused-ring (bicyclic) bond motifs is 6. The van der Waals surface area contributed by atoms with Gasteiger partial charge in [-0.2, -0.15) is 0 Å². The highest BCUT2D eigenvalue weighted by atomic mass is 16.3. The normalized spacial score (nSPS) is 11.5. The first-order valence-electron chi connectivity index (χ1n) is 17.1.